The Morgan fingerprint density at radius 1 is 1.04 bits per heavy atom. The van der Waals surface area contributed by atoms with Gasteiger partial charge in [0.15, 0.2) is 15.6 Å². The number of benzene rings is 2. The molecule has 6 heteroatoms. The summed E-state index contributed by atoms with van der Waals surface area (Å²) in [4.78, 5) is 15.5. The number of likely N-dealkylation sites (tertiary alicyclic amines) is 1. The van der Waals surface area contributed by atoms with E-state index in [0.29, 0.717) is 31.5 Å². The van der Waals surface area contributed by atoms with Crippen LogP contribution in [0.2, 0.25) is 0 Å². The Bertz CT molecular complexity index is 945. The minimum absolute atomic E-state index is 0.0728. The Balaban J connectivity index is 1.67. The summed E-state index contributed by atoms with van der Waals surface area (Å²) >= 11 is 0. The Hall–Kier alpha value is -2.02. The molecule has 5 nitrogen and oxygen atoms in total. The quantitative estimate of drug-likeness (QED) is 0.799. The standard InChI is InChI=1S/C22H25NO4S/c24-21(17-7-3-1-4-8-17)20-15-23(19-11-14-28(26,27)16-19)13-12-22(20,25)18-9-5-2-6-10-18/h1-10,19-20,25H,11-16H2. The predicted molar refractivity (Wildman–Crippen MR) is 108 cm³/mol. The molecule has 0 bridgehead atoms. The second-order valence-corrected chi connectivity index (χ2v) is 10.1. The molecule has 2 aliphatic heterocycles. The van der Waals surface area contributed by atoms with Gasteiger partial charge in [-0.3, -0.25) is 9.69 Å². The van der Waals surface area contributed by atoms with Gasteiger partial charge in [0.2, 0.25) is 0 Å². The lowest BCUT2D eigenvalue weighted by molar-refractivity contribution is -0.0704. The first-order valence-electron chi connectivity index (χ1n) is 9.71. The first-order valence-corrected chi connectivity index (χ1v) is 11.5. The van der Waals surface area contributed by atoms with E-state index in [-0.39, 0.29) is 23.3 Å². The van der Waals surface area contributed by atoms with Crippen LogP contribution in [-0.4, -0.2) is 54.8 Å². The summed E-state index contributed by atoms with van der Waals surface area (Å²) in [7, 11) is -3.00. The molecule has 0 aliphatic carbocycles. The van der Waals surface area contributed by atoms with Crippen molar-refractivity contribution in [1.29, 1.82) is 0 Å². The SMILES string of the molecule is O=C(c1ccccc1)C1CN(C2CCS(=O)(=O)C2)CCC1(O)c1ccccc1. The summed E-state index contributed by atoms with van der Waals surface area (Å²) in [5.41, 5.74) is 0.0491. The van der Waals surface area contributed by atoms with Gasteiger partial charge in [0.25, 0.3) is 0 Å². The van der Waals surface area contributed by atoms with Crippen molar-refractivity contribution in [1.82, 2.24) is 4.90 Å². The summed E-state index contributed by atoms with van der Waals surface area (Å²) in [6.45, 7) is 0.934. The van der Waals surface area contributed by atoms with E-state index in [1.807, 2.05) is 48.5 Å². The van der Waals surface area contributed by atoms with Gasteiger partial charge in [-0.15, -0.1) is 0 Å². The highest BCUT2D eigenvalue weighted by Gasteiger charge is 2.48. The molecule has 1 N–H and O–H groups in total. The normalized spacial score (nSPS) is 30.2. The Morgan fingerprint density at radius 3 is 2.29 bits per heavy atom. The lowest BCUT2D eigenvalue weighted by Gasteiger charge is -2.46. The molecule has 2 aromatic carbocycles. The van der Waals surface area contributed by atoms with Crippen molar-refractivity contribution < 1.29 is 18.3 Å². The van der Waals surface area contributed by atoms with Crippen LogP contribution >= 0.6 is 0 Å². The van der Waals surface area contributed by atoms with E-state index in [9.17, 15) is 18.3 Å². The Labute approximate surface area is 165 Å². The van der Waals surface area contributed by atoms with Crippen molar-refractivity contribution in [3.05, 3.63) is 71.8 Å². The minimum atomic E-state index is -3.00. The van der Waals surface area contributed by atoms with E-state index >= 15 is 0 Å². The topological polar surface area (TPSA) is 74.7 Å². The van der Waals surface area contributed by atoms with E-state index in [0.717, 1.165) is 5.56 Å². The number of aliphatic hydroxyl groups is 1. The van der Waals surface area contributed by atoms with E-state index in [4.69, 9.17) is 0 Å². The first-order chi connectivity index (χ1) is 13.4. The Morgan fingerprint density at radius 2 is 1.68 bits per heavy atom. The van der Waals surface area contributed by atoms with Crippen LogP contribution in [0.4, 0.5) is 0 Å². The van der Waals surface area contributed by atoms with E-state index in [1.54, 1.807) is 12.1 Å². The summed E-state index contributed by atoms with van der Waals surface area (Å²) < 4.78 is 23.9. The van der Waals surface area contributed by atoms with Crippen molar-refractivity contribution in [2.24, 2.45) is 5.92 Å². The zero-order valence-electron chi connectivity index (χ0n) is 15.7. The molecule has 0 amide bonds. The summed E-state index contributed by atoms with van der Waals surface area (Å²) in [5, 5.41) is 11.6. The molecule has 0 radical (unpaired) electrons. The molecule has 2 heterocycles. The maximum atomic E-state index is 13.4. The maximum Gasteiger partial charge on any atom is 0.170 e. The Kier molecular flexibility index (Phi) is 5.12. The molecular weight excluding hydrogens is 374 g/mol. The van der Waals surface area contributed by atoms with Crippen LogP contribution < -0.4 is 0 Å². The number of nitrogens with zero attached hydrogens (tertiary/aromatic N) is 1. The number of sulfone groups is 1. The van der Waals surface area contributed by atoms with Crippen molar-refractivity contribution in [2.75, 3.05) is 24.6 Å². The highest BCUT2D eigenvalue weighted by atomic mass is 32.2. The highest BCUT2D eigenvalue weighted by molar-refractivity contribution is 7.91. The average Bonchev–Trinajstić information content (AvgIpc) is 3.09. The molecule has 0 saturated carbocycles. The molecule has 148 valence electrons. The number of ketones is 1. The number of rotatable bonds is 4. The van der Waals surface area contributed by atoms with Crippen molar-refractivity contribution in [2.45, 2.75) is 24.5 Å². The van der Waals surface area contributed by atoms with Crippen LogP contribution in [-0.2, 0) is 15.4 Å². The third-order valence-electron chi connectivity index (χ3n) is 6.15. The summed E-state index contributed by atoms with van der Waals surface area (Å²) in [5.74, 6) is -0.399. The second-order valence-electron chi connectivity index (χ2n) is 7.87. The number of Topliss-reactive ketones (excluding diaryl/α,β-unsaturated/α-hetero) is 1. The van der Waals surface area contributed by atoms with Crippen LogP contribution in [0.15, 0.2) is 60.7 Å². The van der Waals surface area contributed by atoms with Crippen LogP contribution in [0.1, 0.15) is 28.8 Å². The fraction of sp³-hybridized carbons (Fsp3) is 0.409. The molecule has 0 spiro atoms. The molecule has 2 fully saturated rings. The number of piperidine rings is 1. The number of carbonyl (C=O) groups excluding carboxylic acids is 1. The van der Waals surface area contributed by atoms with E-state index < -0.39 is 21.4 Å². The van der Waals surface area contributed by atoms with Crippen LogP contribution in [0.3, 0.4) is 0 Å². The molecule has 2 aliphatic rings. The summed E-state index contributed by atoms with van der Waals surface area (Å²) in [6.07, 6.45) is 0.995. The van der Waals surface area contributed by atoms with Gasteiger partial charge in [0.1, 0.15) is 5.60 Å². The third-order valence-corrected chi connectivity index (χ3v) is 7.90. The second kappa shape index (κ2) is 7.43. The van der Waals surface area contributed by atoms with Gasteiger partial charge in [-0.05, 0) is 18.4 Å². The van der Waals surface area contributed by atoms with E-state index in [2.05, 4.69) is 4.90 Å². The van der Waals surface area contributed by atoms with Gasteiger partial charge in [-0.25, -0.2) is 8.42 Å². The zero-order chi connectivity index (χ0) is 19.8. The molecule has 3 unspecified atom stereocenters. The van der Waals surface area contributed by atoms with Crippen molar-refractivity contribution in [3.8, 4) is 0 Å². The molecule has 28 heavy (non-hydrogen) atoms. The van der Waals surface area contributed by atoms with Gasteiger partial charge in [-0.2, -0.15) is 0 Å². The third kappa shape index (κ3) is 3.64. The smallest absolute Gasteiger partial charge is 0.170 e. The molecule has 0 aromatic heterocycles. The molecule has 3 atom stereocenters. The van der Waals surface area contributed by atoms with Crippen LogP contribution in [0.25, 0.3) is 0 Å². The van der Waals surface area contributed by atoms with Gasteiger partial charge < -0.3 is 5.11 Å². The highest BCUT2D eigenvalue weighted by Crippen LogP contribution is 2.40. The lowest BCUT2D eigenvalue weighted by atomic mass is 9.72. The van der Waals surface area contributed by atoms with Crippen LogP contribution in [0.5, 0.6) is 0 Å². The minimum Gasteiger partial charge on any atom is -0.384 e. The molecular formula is C22H25NO4S. The van der Waals surface area contributed by atoms with Gasteiger partial charge >= 0.3 is 0 Å². The average molecular weight is 400 g/mol. The van der Waals surface area contributed by atoms with Gasteiger partial charge in [0.05, 0.1) is 17.4 Å². The number of hydrogen-bond donors (Lipinski definition) is 1. The molecule has 4 rings (SSSR count). The molecule has 2 saturated heterocycles. The van der Waals surface area contributed by atoms with Crippen molar-refractivity contribution in [3.63, 3.8) is 0 Å². The fourth-order valence-electron chi connectivity index (χ4n) is 4.54. The maximum absolute atomic E-state index is 13.4. The number of carbonyl (C=O) groups is 1. The summed E-state index contributed by atoms with van der Waals surface area (Å²) in [6, 6.07) is 18.3. The van der Waals surface area contributed by atoms with Gasteiger partial charge in [0, 0.05) is 24.7 Å². The fourth-order valence-corrected chi connectivity index (χ4v) is 6.30. The monoisotopic (exact) mass is 399 g/mol. The first kappa shape index (κ1) is 19.3. The molecule has 2 aromatic rings. The zero-order valence-corrected chi connectivity index (χ0v) is 16.5. The number of hydrogen-bond acceptors (Lipinski definition) is 5. The predicted octanol–water partition coefficient (Wildman–Crippen LogP) is 2.27. The van der Waals surface area contributed by atoms with E-state index in [1.165, 1.54) is 0 Å². The van der Waals surface area contributed by atoms with Crippen molar-refractivity contribution >= 4 is 15.6 Å². The van der Waals surface area contributed by atoms with Gasteiger partial charge in [-0.1, -0.05) is 60.7 Å². The lowest BCUT2D eigenvalue weighted by Crippen LogP contribution is -2.55. The van der Waals surface area contributed by atoms with Crippen LogP contribution in [0, 0.1) is 5.92 Å². The largest absolute Gasteiger partial charge is 0.384 e.